The third-order valence-electron chi connectivity index (χ3n) is 2.87. The number of nitrogens with one attached hydrogen (secondary N) is 2. The van der Waals surface area contributed by atoms with Crippen molar-refractivity contribution in [3.05, 3.63) is 60.2 Å². The van der Waals surface area contributed by atoms with Gasteiger partial charge in [0.25, 0.3) is 5.91 Å². The molecule has 0 fully saturated rings. The number of benzene rings is 2. The van der Waals surface area contributed by atoms with Gasteiger partial charge in [-0.3, -0.25) is 4.79 Å². The molecule has 1 amide bonds. The SMILES string of the molecule is COc1ccc(C(=O)NCCNc2ccccc2)cc1. The molecular formula is C16H18N2O2. The minimum atomic E-state index is -0.0810. The van der Waals surface area contributed by atoms with Crippen molar-refractivity contribution in [3.8, 4) is 5.75 Å². The van der Waals surface area contributed by atoms with Crippen LogP contribution in [0.2, 0.25) is 0 Å². The molecule has 0 aliphatic rings. The maximum Gasteiger partial charge on any atom is 0.251 e. The maximum atomic E-state index is 11.9. The molecule has 2 aromatic rings. The zero-order valence-corrected chi connectivity index (χ0v) is 11.4. The predicted molar refractivity (Wildman–Crippen MR) is 80.3 cm³/mol. The molecule has 0 aromatic heterocycles. The number of rotatable bonds is 6. The molecule has 0 bridgehead atoms. The topological polar surface area (TPSA) is 50.4 Å². The third kappa shape index (κ3) is 4.02. The lowest BCUT2D eigenvalue weighted by atomic mass is 10.2. The van der Waals surface area contributed by atoms with Crippen LogP contribution in [0.25, 0.3) is 0 Å². The van der Waals surface area contributed by atoms with Crippen LogP contribution in [0.4, 0.5) is 5.69 Å². The molecule has 2 N–H and O–H groups in total. The molecule has 0 saturated heterocycles. The Morgan fingerprint density at radius 3 is 2.35 bits per heavy atom. The summed E-state index contributed by atoms with van der Waals surface area (Å²) in [5.41, 5.74) is 1.68. The number of methoxy groups -OCH3 is 1. The van der Waals surface area contributed by atoms with Gasteiger partial charge in [-0.15, -0.1) is 0 Å². The summed E-state index contributed by atoms with van der Waals surface area (Å²) in [5.74, 6) is 0.662. The fourth-order valence-corrected chi connectivity index (χ4v) is 1.78. The quantitative estimate of drug-likeness (QED) is 0.793. The molecule has 0 spiro atoms. The highest BCUT2D eigenvalue weighted by atomic mass is 16.5. The number of carbonyl (C=O) groups excluding carboxylic acids is 1. The van der Waals surface area contributed by atoms with Crippen molar-refractivity contribution in [2.45, 2.75) is 0 Å². The summed E-state index contributed by atoms with van der Waals surface area (Å²) >= 11 is 0. The molecule has 20 heavy (non-hydrogen) atoms. The van der Waals surface area contributed by atoms with E-state index in [0.29, 0.717) is 18.7 Å². The molecule has 0 radical (unpaired) electrons. The van der Waals surface area contributed by atoms with Gasteiger partial charge in [0.05, 0.1) is 7.11 Å². The lowest BCUT2D eigenvalue weighted by Gasteiger charge is -2.08. The van der Waals surface area contributed by atoms with Gasteiger partial charge in [0, 0.05) is 24.3 Å². The van der Waals surface area contributed by atoms with Gasteiger partial charge in [0.2, 0.25) is 0 Å². The molecule has 4 heteroatoms. The first kappa shape index (κ1) is 13.9. The molecular weight excluding hydrogens is 252 g/mol. The lowest BCUT2D eigenvalue weighted by molar-refractivity contribution is 0.0955. The number of hydrogen-bond donors (Lipinski definition) is 2. The molecule has 0 heterocycles. The van der Waals surface area contributed by atoms with E-state index < -0.39 is 0 Å². The summed E-state index contributed by atoms with van der Waals surface area (Å²) in [6, 6.07) is 16.9. The summed E-state index contributed by atoms with van der Waals surface area (Å²) in [6.07, 6.45) is 0. The first-order valence-electron chi connectivity index (χ1n) is 6.51. The van der Waals surface area contributed by atoms with Crippen LogP contribution < -0.4 is 15.4 Å². The number of anilines is 1. The minimum absolute atomic E-state index is 0.0810. The number of hydrogen-bond acceptors (Lipinski definition) is 3. The van der Waals surface area contributed by atoms with Gasteiger partial charge in [-0.05, 0) is 36.4 Å². The van der Waals surface area contributed by atoms with Crippen molar-refractivity contribution in [1.29, 1.82) is 0 Å². The van der Waals surface area contributed by atoms with Gasteiger partial charge < -0.3 is 15.4 Å². The first-order valence-corrected chi connectivity index (χ1v) is 6.51. The molecule has 0 atom stereocenters. The first-order chi connectivity index (χ1) is 9.79. The van der Waals surface area contributed by atoms with E-state index in [4.69, 9.17) is 4.74 Å². The average molecular weight is 270 g/mol. The highest BCUT2D eigenvalue weighted by Crippen LogP contribution is 2.11. The molecule has 4 nitrogen and oxygen atoms in total. The van der Waals surface area contributed by atoms with Gasteiger partial charge in [-0.2, -0.15) is 0 Å². The second-order valence-electron chi connectivity index (χ2n) is 4.28. The van der Waals surface area contributed by atoms with Crippen molar-refractivity contribution in [2.75, 3.05) is 25.5 Å². The average Bonchev–Trinajstić information content (AvgIpc) is 2.52. The lowest BCUT2D eigenvalue weighted by Crippen LogP contribution is -2.28. The van der Waals surface area contributed by atoms with Crippen molar-refractivity contribution in [2.24, 2.45) is 0 Å². The van der Waals surface area contributed by atoms with E-state index in [1.165, 1.54) is 0 Å². The third-order valence-corrected chi connectivity index (χ3v) is 2.87. The normalized spacial score (nSPS) is 9.85. The van der Waals surface area contributed by atoms with Crippen LogP contribution in [0.1, 0.15) is 10.4 Å². The molecule has 2 rings (SSSR count). The highest BCUT2D eigenvalue weighted by molar-refractivity contribution is 5.94. The Hall–Kier alpha value is -2.49. The molecule has 0 unspecified atom stereocenters. The van der Waals surface area contributed by atoms with E-state index in [1.807, 2.05) is 30.3 Å². The van der Waals surface area contributed by atoms with E-state index in [2.05, 4.69) is 10.6 Å². The van der Waals surface area contributed by atoms with E-state index in [1.54, 1.807) is 31.4 Å². The van der Waals surface area contributed by atoms with Crippen molar-refractivity contribution < 1.29 is 9.53 Å². The monoisotopic (exact) mass is 270 g/mol. The van der Waals surface area contributed by atoms with Crippen LogP contribution >= 0.6 is 0 Å². The molecule has 0 aliphatic heterocycles. The summed E-state index contributed by atoms with van der Waals surface area (Å²) in [6.45, 7) is 1.26. The van der Waals surface area contributed by atoms with E-state index in [-0.39, 0.29) is 5.91 Å². The molecule has 0 aliphatic carbocycles. The fraction of sp³-hybridized carbons (Fsp3) is 0.188. The molecule has 2 aromatic carbocycles. The summed E-state index contributed by atoms with van der Waals surface area (Å²) < 4.78 is 5.05. The second-order valence-corrected chi connectivity index (χ2v) is 4.28. The predicted octanol–water partition coefficient (Wildman–Crippen LogP) is 2.54. The summed E-state index contributed by atoms with van der Waals surface area (Å²) in [5, 5.41) is 6.10. The van der Waals surface area contributed by atoms with Gasteiger partial charge >= 0.3 is 0 Å². The molecule has 104 valence electrons. The summed E-state index contributed by atoms with van der Waals surface area (Å²) in [7, 11) is 1.60. The molecule has 0 saturated carbocycles. The van der Waals surface area contributed by atoms with Crippen LogP contribution in [0, 0.1) is 0 Å². The van der Waals surface area contributed by atoms with Crippen LogP contribution in [0.3, 0.4) is 0 Å². The zero-order chi connectivity index (χ0) is 14.2. The maximum absolute atomic E-state index is 11.9. The Morgan fingerprint density at radius 1 is 1.00 bits per heavy atom. The van der Waals surface area contributed by atoms with Gasteiger partial charge in [0.1, 0.15) is 5.75 Å². The van der Waals surface area contributed by atoms with Crippen molar-refractivity contribution in [3.63, 3.8) is 0 Å². The van der Waals surface area contributed by atoms with E-state index in [9.17, 15) is 4.79 Å². The Bertz CT molecular complexity index is 538. The van der Waals surface area contributed by atoms with Crippen molar-refractivity contribution in [1.82, 2.24) is 5.32 Å². The van der Waals surface area contributed by atoms with E-state index in [0.717, 1.165) is 11.4 Å². The van der Waals surface area contributed by atoms with Crippen LogP contribution in [0.15, 0.2) is 54.6 Å². The summed E-state index contributed by atoms with van der Waals surface area (Å²) in [4.78, 5) is 11.9. The Labute approximate surface area is 118 Å². The van der Waals surface area contributed by atoms with Crippen molar-refractivity contribution >= 4 is 11.6 Å². The van der Waals surface area contributed by atoms with E-state index >= 15 is 0 Å². The number of amides is 1. The van der Waals surface area contributed by atoms with Crippen LogP contribution in [-0.4, -0.2) is 26.1 Å². The zero-order valence-electron chi connectivity index (χ0n) is 11.4. The standard InChI is InChI=1S/C16H18N2O2/c1-20-15-9-7-13(8-10-15)16(19)18-12-11-17-14-5-3-2-4-6-14/h2-10,17H,11-12H2,1H3,(H,18,19). The fourth-order valence-electron chi connectivity index (χ4n) is 1.78. The Balaban J connectivity index is 1.74. The van der Waals surface area contributed by atoms with Crippen LogP contribution in [-0.2, 0) is 0 Å². The van der Waals surface area contributed by atoms with Gasteiger partial charge in [-0.25, -0.2) is 0 Å². The number of ether oxygens (including phenoxy) is 1. The second kappa shape index (κ2) is 7.19. The van der Waals surface area contributed by atoms with Gasteiger partial charge in [-0.1, -0.05) is 18.2 Å². The largest absolute Gasteiger partial charge is 0.497 e. The Morgan fingerprint density at radius 2 is 1.70 bits per heavy atom. The highest BCUT2D eigenvalue weighted by Gasteiger charge is 2.04. The Kier molecular flexibility index (Phi) is 5.00. The minimum Gasteiger partial charge on any atom is -0.497 e. The van der Waals surface area contributed by atoms with Crippen LogP contribution in [0.5, 0.6) is 5.75 Å². The number of carbonyl (C=O) groups is 1. The van der Waals surface area contributed by atoms with Gasteiger partial charge in [0.15, 0.2) is 0 Å². The number of para-hydroxylation sites is 1. The smallest absolute Gasteiger partial charge is 0.251 e.